The van der Waals surface area contributed by atoms with E-state index in [-0.39, 0.29) is 16.5 Å². The molecule has 0 aliphatic heterocycles. The highest BCUT2D eigenvalue weighted by Gasteiger charge is 2.18. The van der Waals surface area contributed by atoms with Gasteiger partial charge in [0.15, 0.2) is 11.7 Å². The summed E-state index contributed by atoms with van der Waals surface area (Å²) in [6.45, 7) is 1.38. The molecule has 3 aromatic rings. The number of fused-ring (bicyclic) bond motifs is 1. The molecule has 3 N–H and O–H groups in total. The first kappa shape index (κ1) is 20.2. The third-order valence-electron chi connectivity index (χ3n) is 3.76. The monoisotopic (exact) mass is 415 g/mol. The Morgan fingerprint density at radius 2 is 1.97 bits per heavy atom. The number of esters is 1. The number of rotatable bonds is 6. The van der Waals surface area contributed by atoms with Crippen molar-refractivity contribution >= 4 is 44.8 Å². The van der Waals surface area contributed by atoms with E-state index in [1.54, 1.807) is 18.2 Å². The molecule has 1 atom stereocenters. The number of nitrogens with zero attached hydrogens (tertiary/aromatic N) is 1. The first-order valence-electron chi connectivity index (χ1n) is 8.40. The number of anilines is 1. The number of nitrogens with one attached hydrogen (secondary N) is 1. The van der Waals surface area contributed by atoms with Crippen molar-refractivity contribution in [2.24, 2.45) is 5.14 Å². The summed E-state index contributed by atoms with van der Waals surface area (Å²) in [5.41, 5.74) is 1.43. The van der Waals surface area contributed by atoms with E-state index in [2.05, 4.69) is 10.3 Å². The summed E-state index contributed by atoms with van der Waals surface area (Å²) in [6, 6.07) is 12.5. The highest BCUT2D eigenvalue weighted by molar-refractivity contribution is 7.89. The third-order valence-corrected chi connectivity index (χ3v) is 4.68. The largest absolute Gasteiger partial charge is 0.449 e. The van der Waals surface area contributed by atoms with Gasteiger partial charge >= 0.3 is 5.97 Å². The Balaban J connectivity index is 1.59. The molecule has 1 aromatic heterocycles. The predicted octanol–water partition coefficient (Wildman–Crippen LogP) is 2.06. The van der Waals surface area contributed by atoms with Crippen molar-refractivity contribution in [3.63, 3.8) is 0 Å². The van der Waals surface area contributed by atoms with Crippen LogP contribution in [0, 0.1) is 0 Å². The van der Waals surface area contributed by atoms with Crippen molar-refractivity contribution in [1.29, 1.82) is 0 Å². The number of aromatic nitrogens is 1. The van der Waals surface area contributed by atoms with Gasteiger partial charge in [0.2, 0.25) is 15.9 Å². The Morgan fingerprint density at radius 3 is 2.69 bits per heavy atom. The lowest BCUT2D eigenvalue weighted by Gasteiger charge is -2.12. The van der Waals surface area contributed by atoms with Gasteiger partial charge in [-0.3, -0.25) is 4.79 Å². The fourth-order valence-corrected chi connectivity index (χ4v) is 2.92. The van der Waals surface area contributed by atoms with Gasteiger partial charge in [0, 0.05) is 17.8 Å². The molecular weight excluding hydrogens is 398 g/mol. The van der Waals surface area contributed by atoms with E-state index in [9.17, 15) is 18.0 Å². The maximum Gasteiger partial charge on any atom is 0.331 e. The Hall–Kier alpha value is -3.50. The minimum atomic E-state index is -3.90. The van der Waals surface area contributed by atoms with Gasteiger partial charge < -0.3 is 14.5 Å². The Morgan fingerprint density at radius 1 is 1.21 bits per heavy atom. The number of primary sulfonamides is 1. The summed E-state index contributed by atoms with van der Waals surface area (Å²) in [6.07, 6.45) is 1.30. The van der Waals surface area contributed by atoms with Crippen LogP contribution >= 0.6 is 0 Å². The predicted molar refractivity (Wildman–Crippen MR) is 105 cm³/mol. The number of hydrogen-bond donors (Lipinski definition) is 2. The number of carbonyl (C=O) groups excluding carboxylic acids is 2. The van der Waals surface area contributed by atoms with Crippen molar-refractivity contribution in [1.82, 2.24) is 4.98 Å². The average molecular weight is 415 g/mol. The molecule has 9 nitrogen and oxygen atoms in total. The SMILES string of the molecule is C[C@@H](OC(=O)/C=C/c1nc2ccccc2o1)C(=O)Nc1cccc(S(N)(=O)=O)c1. The number of carbonyl (C=O) groups is 2. The zero-order chi connectivity index (χ0) is 21.0. The van der Waals surface area contributed by atoms with Crippen molar-refractivity contribution in [2.45, 2.75) is 17.9 Å². The Bertz CT molecular complexity index is 1170. The summed E-state index contributed by atoms with van der Waals surface area (Å²) in [5.74, 6) is -1.19. The lowest BCUT2D eigenvalue weighted by Crippen LogP contribution is -2.29. The van der Waals surface area contributed by atoms with Gasteiger partial charge in [0.05, 0.1) is 4.90 Å². The summed E-state index contributed by atoms with van der Waals surface area (Å²) in [7, 11) is -3.90. The number of amides is 1. The molecule has 0 saturated heterocycles. The fraction of sp³-hybridized carbons (Fsp3) is 0.105. The molecule has 3 rings (SSSR count). The van der Waals surface area contributed by atoms with E-state index in [1.807, 2.05) is 6.07 Å². The van der Waals surface area contributed by atoms with Crippen molar-refractivity contribution in [2.75, 3.05) is 5.32 Å². The summed E-state index contributed by atoms with van der Waals surface area (Å²) in [4.78, 5) is 28.1. The number of benzene rings is 2. The van der Waals surface area contributed by atoms with Gasteiger partial charge in [-0.1, -0.05) is 18.2 Å². The first-order valence-corrected chi connectivity index (χ1v) is 9.95. The average Bonchev–Trinajstić information content (AvgIpc) is 3.09. The molecule has 10 heteroatoms. The molecule has 2 aromatic carbocycles. The molecule has 0 fully saturated rings. The molecule has 1 amide bonds. The van der Waals surface area contributed by atoms with E-state index < -0.39 is 28.0 Å². The smallest absolute Gasteiger partial charge is 0.331 e. The minimum Gasteiger partial charge on any atom is -0.449 e. The van der Waals surface area contributed by atoms with E-state index in [0.717, 1.165) is 6.08 Å². The maximum atomic E-state index is 12.2. The van der Waals surface area contributed by atoms with Crippen LogP contribution in [0.1, 0.15) is 12.8 Å². The molecule has 0 saturated carbocycles. The summed E-state index contributed by atoms with van der Waals surface area (Å²) < 4.78 is 33.2. The molecule has 0 aliphatic rings. The number of para-hydroxylation sites is 2. The molecule has 0 bridgehead atoms. The van der Waals surface area contributed by atoms with Gasteiger partial charge in [0.1, 0.15) is 5.52 Å². The van der Waals surface area contributed by atoms with Crippen LogP contribution in [0.4, 0.5) is 5.69 Å². The van der Waals surface area contributed by atoms with Crippen LogP contribution in [0.15, 0.2) is 63.9 Å². The van der Waals surface area contributed by atoms with E-state index >= 15 is 0 Å². The van der Waals surface area contributed by atoms with Crippen LogP contribution in [0.25, 0.3) is 17.2 Å². The first-order chi connectivity index (χ1) is 13.7. The van der Waals surface area contributed by atoms with Crippen LogP contribution in [0.5, 0.6) is 0 Å². The Labute approximate surface area is 166 Å². The van der Waals surface area contributed by atoms with Crippen LogP contribution in [0.2, 0.25) is 0 Å². The zero-order valence-corrected chi connectivity index (χ0v) is 16.0. The second kappa shape index (κ2) is 8.25. The van der Waals surface area contributed by atoms with Crippen LogP contribution < -0.4 is 10.5 Å². The highest BCUT2D eigenvalue weighted by Crippen LogP contribution is 2.16. The van der Waals surface area contributed by atoms with Crippen LogP contribution in [0.3, 0.4) is 0 Å². The van der Waals surface area contributed by atoms with Gasteiger partial charge in [-0.2, -0.15) is 0 Å². The topological polar surface area (TPSA) is 142 Å². The van der Waals surface area contributed by atoms with Crippen molar-refractivity contribution < 1.29 is 27.2 Å². The van der Waals surface area contributed by atoms with Gasteiger partial charge in [-0.05, 0) is 37.3 Å². The van der Waals surface area contributed by atoms with Gasteiger partial charge in [0.25, 0.3) is 5.91 Å². The zero-order valence-electron chi connectivity index (χ0n) is 15.2. The van der Waals surface area contributed by atoms with Crippen LogP contribution in [-0.4, -0.2) is 31.4 Å². The van der Waals surface area contributed by atoms with Crippen LogP contribution in [-0.2, 0) is 24.3 Å². The van der Waals surface area contributed by atoms with E-state index in [4.69, 9.17) is 14.3 Å². The molecular formula is C19H17N3O6S. The third kappa shape index (κ3) is 5.27. The minimum absolute atomic E-state index is 0.152. The van der Waals surface area contributed by atoms with E-state index in [0.29, 0.717) is 11.1 Å². The number of hydrogen-bond acceptors (Lipinski definition) is 7. The quantitative estimate of drug-likeness (QED) is 0.463. The molecule has 0 unspecified atom stereocenters. The molecule has 0 radical (unpaired) electrons. The lowest BCUT2D eigenvalue weighted by atomic mass is 10.3. The van der Waals surface area contributed by atoms with Crippen molar-refractivity contribution in [3.8, 4) is 0 Å². The number of oxazole rings is 1. The highest BCUT2D eigenvalue weighted by atomic mass is 32.2. The lowest BCUT2D eigenvalue weighted by molar-refractivity contribution is -0.148. The number of nitrogens with two attached hydrogens (primary N) is 1. The molecule has 1 heterocycles. The molecule has 29 heavy (non-hydrogen) atoms. The summed E-state index contributed by atoms with van der Waals surface area (Å²) in [5, 5.41) is 7.52. The maximum absolute atomic E-state index is 12.2. The standard InChI is InChI=1S/C19H17N3O6S/c1-12(19(24)21-13-5-4-6-14(11-13)29(20,25)26)27-18(23)10-9-17-22-15-7-2-3-8-16(15)28-17/h2-12H,1H3,(H,21,24)(H2,20,25,26)/b10-9+/t12-/m1/s1. The van der Waals surface area contributed by atoms with Gasteiger partial charge in [-0.25, -0.2) is 23.3 Å². The molecule has 150 valence electrons. The van der Waals surface area contributed by atoms with E-state index in [1.165, 1.54) is 37.3 Å². The molecule has 0 aliphatic carbocycles. The second-order valence-electron chi connectivity index (χ2n) is 5.99. The van der Waals surface area contributed by atoms with Gasteiger partial charge in [-0.15, -0.1) is 0 Å². The fourth-order valence-electron chi connectivity index (χ4n) is 2.36. The normalized spacial score (nSPS) is 12.8. The van der Waals surface area contributed by atoms with Crippen molar-refractivity contribution in [3.05, 3.63) is 60.5 Å². The molecule has 0 spiro atoms. The number of ether oxygens (including phenoxy) is 1. The number of sulfonamides is 1. The second-order valence-corrected chi connectivity index (χ2v) is 7.56. The Kier molecular flexibility index (Phi) is 5.76. The summed E-state index contributed by atoms with van der Waals surface area (Å²) >= 11 is 0.